The molecule has 98 valence electrons. The zero-order chi connectivity index (χ0) is 13.4. The van der Waals surface area contributed by atoms with Crippen LogP contribution in [0.15, 0.2) is 0 Å². The van der Waals surface area contributed by atoms with E-state index in [-0.39, 0.29) is 17.9 Å². The van der Waals surface area contributed by atoms with Crippen molar-refractivity contribution in [1.82, 2.24) is 10.2 Å². The molecule has 4 heteroatoms. The number of carbonyl (C=O) groups excluding carboxylic acids is 2. The van der Waals surface area contributed by atoms with E-state index in [1.165, 1.54) is 0 Å². The topological polar surface area (TPSA) is 49.4 Å². The minimum Gasteiger partial charge on any atom is -0.340 e. The van der Waals surface area contributed by atoms with E-state index >= 15 is 0 Å². The van der Waals surface area contributed by atoms with Gasteiger partial charge in [0, 0.05) is 6.04 Å². The molecule has 0 aromatic rings. The van der Waals surface area contributed by atoms with Gasteiger partial charge in [0.25, 0.3) is 0 Å². The molecule has 0 aliphatic carbocycles. The molecule has 1 aliphatic heterocycles. The van der Waals surface area contributed by atoms with E-state index in [0.29, 0.717) is 0 Å². The monoisotopic (exact) mass is 240 g/mol. The zero-order valence-electron chi connectivity index (χ0n) is 11.8. The smallest absolute Gasteiger partial charge is 0.248 e. The predicted molar refractivity (Wildman–Crippen MR) is 67.5 cm³/mol. The van der Waals surface area contributed by atoms with Gasteiger partial charge in [0.1, 0.15) is 11.1 Å². The molecule has 0 aromatic carbocycles. The summed E-state index contributed by atoms with van der Waals surface area (Å²) >= 11 is 0. The largest absolute Gasteiger partial charge is 0.340 e. The highest BCUT2D eigenvalue weighted by Crippen LogP contribution is 2.30. The molecule has 0 bridgehead atoms. The Morgan fingerprint density at radius 2 is 1.59 bits per heavy atom. The van der Waals surface area contributed by atoms with Gasteiger partial charge in [0.15, 0.2) is 0 Å². The lowest BCUT2D eigenvalue weighted by atomic mass is 9.87. The van der Waals surface area contributed by atoms with E-state index in [0.717, 1.165) is 12.8 Å². The molecule has 1 fully saturated rings. The molecule has 0 radical (unpaired) electrons. The second-order valence-corrected chi connectivity index (χ2v) is 5.78. The van der Waals surface area contributed by atoms with Crippen molar-refractivity contribution >= 4 is 11.8 Å². The number of nitrogens with one attached hydrogen (secondary N) is 1. The molecule has 0 unspecified atom stereocenters. The lowest BCUT2D eigenvalue weighted by Gasteiger charge is -2.50. The normalized spacial score (nSPS) is 22.9. The lowest BCUT2D eigenvalue weighted by Crippen LogP contribution is -2.74. The van der Waals surface area contributed by atoms with Gasteiger partial charge in [-0.25, -0.2) is 0 Å². The fourth-order valence-corrected chi connectivity index (χ4v) is 2.43. The number of nitrogens with zero attached hydrogens (tertiary/aromatic N) is 1. The SMILES string of the molecule is CCC(CC)N1C(=O)C(C)(C)NC(=O)C1(C)C. The fraction of sp³-hybridized carbons (Fsp3) is 0.846. The minimum absolute atomic E-state index is 0.0100. The van der Waals surface area contributed by atoms with Crippen LogP contribution in [0, 0.1) is 0 Å². The summed E-state index contributed by atoms with van der Waals surface area (Å²) in [6.45, 7) is 11.3. The molecule has 0 saturated carbocycles. The molecule has 0 spiro atoms. The average molecular weight is 240 g/mol. The number of carbonyl (C=O) groups is 2. The van der Waals surface area contributed by atoms with E-state index in [2.05, 4.69) is 19.2 Å². The molecule has 1 rings (SSSR count). The Bertz CT molecular complexity index is 330. The maximum absolute atomic E-state index is 12.5. The molecular formula is C13H24N2O2. The van der Waals surface area contributed by atoms with E-state index in [1.807, 2.05) is 13.8 Å². The number of hydrogen-bond donors (Lipinski definition) is 1. The Labute approximate surface area is 104 Å². The second-order valence-electron chi connectivity index (χ2n) is 5.78. The second kappa shape index (κ2) is 4.31. The Kier molecular flexibility index (Phi) is 3.55. The molecule has 4 nitrogen and oxygen atoms in total. The first-order valence-electron chi connectivity index (χ1n) is 6.34. The van der Waals surface area contributed by atoms with Gasteiger partial charge in [-0.05, 0) is 40.5 Å². The zero-order valence-corrected chi connectivity index (χ0v) is 11.8. The van der Waals surface area contributed by atoms with Gasteiger partial charge >= 0.3 is 0 Å². The van der Waals surface area contributed by atoms with Crippen molar-refractivity contribution < 1.29 is 9.59 Å². The van der Waals surface area contributed by atoms with Crippen LogP contribution >= 0.6 is 0 Å². The van der Waals surface area contributed by atoms with Crippen LogP contribution in [-0.4, -0.2) is 33.8 Å². The van der Waals surface area contributed by atoms with Crippen molar-refractivity contribution in [2.24, 2.45) is 0 Å². The Hall–Kier alpha value is -1.06. The highest BCUT2D eigenvalue weighted by Gasteiger charge is 2.51. The van der Waals surface area contributed by atoms with Crippen LogP contribution in [0.4, 0.5) is 0 Å². The van der Waals surface area contributed by atoms with Crippen molar-refractivity contribution in [2.45, 2.75) is 71.5 Å². The summed E-state index contributed by atoms with van der Waals surface area (Å²) in [6.07, 6.45) is 1.74. The third kappa shape index (κ3) is 2.17. The van der Waals surface area contributed by atoms with Gasteiger partial charge in [-0.15, -0.1) is 0 Å². The number of hydrogen-bond acceptors (Lipinski definition) is 2. The van der Waals surface area contributed by atoms with E-state index in [9.17, 15) is 9.59 Å². The van der Waals surface area contributed by atoms with Crippen LogP contribution in [0.5, 0.6) is 0 Å². The molecule has 1 saturated heterocycles. The minimum atomic E-state index is -0.796. The first kappa shape index (κ1) is 14.0. The summed E-state index contributed by atoms with van der Waals surface area (Å²) in [7, 11) is 0. The number of amides is 2. The third-order valence-electron chi connectivity index (χ3n) is 3.65. The Morgan fingerprint density at radius 1 is 1.12 bits per heavy atom. The molecular weight excluding hydrogens is 216 g/mol. The Balaban J connectivity index is 3.19. The standard InChI is InChI=1S/C13H24N2O2/c1-7-9(8-2)15-11(17)12(3,4)14-10(16)13(15,5)6/h9H,7-8H2,1-6H3,(H,14,16). The highest BCUT2D eigenvalue weighted by atomic mass is 16.2. The number of piperazine rings is 1. The molecule has 0 atom stereocenters. The molecule has 17 heavy (non-hydrogen) atoms. The van der Waals surface area contributed by atoms with Crippen LogP contribution in [0.25, 0.3) is 0 Å². The summed E-state index contributed by atoms with van der Waals surface area (Å²) in [4.78, 5) is 26.4. The molecule has 2 amide bonds. The van der Waals surface area contributed by atoms with Crippen LogP contribution < -0.4 is 5.32 Å². The maximum Gasteiger partial charge on any atom is 0.248 e. The summed E-state index contributed by atoms with van der Waals surface area (Å²) in [5, 5.41) is 2.80. The summed E-state index contributed by atoms with van der Waals surface area (Å²) in [5.74, 6) is -0.0650. The summed E-state index contributed by atoms with van der Waals surface area (Å²) in [6, 6.07) is 0.128. The van der Waals surface area contributed by atoms with Crippen LogP contribution in [0.1, 0.15) is 54.4 Å². The molecule has 0 aromatic heterocycles. The van der Waals surface area contributed by atoms with Crippen LogP contribution in [0.3, 0.4) is 0 Å². The first-order chi connectivity index (χ1) is 7.68. The van der Waals surface area contributed by atoms with Gasteiger partial charge in [0.05, 0.1) is 0 Å². The summed E-state index contributed by atoms with van der Waals surface area (Å²) in [5.41, 5.74) is -1.56. The maximum atomic E-state index is 12.5. The van der Waals surface area contributed by atoms with Crippen LogP contribution in [-0.2, 0) is 9.59 Å². The van der Waals surface area contributed by atoms with E-state index in [4.69, 9.17) is 0 Å². The first-order valence-corrected chi connectivity index (χ1v) is 6.34. The van der Waals surface area contributed by atoms with Crippen molar-refractivity contribution in [1.29, 1.82) is 0 Å². The van der Waals surface area contributed by atoms with Gasteiger partial charge in [-0.3, -0.25) is 9.59 Å². The van der Waals surface area contributed by atoms with Crippen molar-refractivity contribution in [3.63, 3.8) is 0 Å². The number of rotatable bonds is 3. The van der Waals surface area contributed by atoms with Crippen molar-refractivity contribution in [3.8, 4) is 0 Å². The predicted octanol–water partition coefficient (Wildman–Crippen LogP) is 1.69. The summed E-state index contributed by atoms with van der Waals surface area (Å²) < 4.78 is 0. The molecule has 1 aliphatic rings. The van der Waals surface area contributed by atoms with Crippen LogP contribution in [0.2, 0.25) is 0 Å². The lowest BCUT2D eigenvalue weighted by molar-refractivity contribution is -0.163. The van der Waals surface area contributed by atoms with Crippen molar-refractivity contribution in [3.05, 3.63) is 0 Å². The average Bonchev–Trinajstić information content (AvgIpc) is 2.22. The van der Waals surface area contributed by atoms with Crippen molar-refractivity contribution in [2.75, 3.05) is 0 Å². The van der Waals surface area contributed by atoms with Gasteiger partial charge < -0.3 is 10.2 Å². The molecule has 1 heterocycles. The highest BCUT2D eigenvalue weighted by molar-refractivity contribution is 6.01. The third-order valence-corrected chi connectivity index (χ3v) is 3.65. The molecule has 1 N–H and O–H groups in total. The van der Waals surface area contributed by atoms with Gasteiger partial charge in [-0.2, -0.15) is 0 Å². The van der Waals surface area contributed by atoms with E-state index < -0.39 is 11.1 Å². The van der Waals surface area contributed by atoms with Gasteiger partial charge in [0.2, 0.25) is 11.8 Å². The van der Waals surface area contributed by atoms with E-state index in [1.54, 1.807) is 18.7 Å². The quantitative estimate of drug-likeness (QED) is 0.816. The Morgan fingerprint density at radius 3 is 2.00 bits per heavy atom. The van der Waals surface area contributed by atoms with Gasteiger partial charge in [-0.1, -0.05) is 13.8 Å². The fourth-order valence-electron chi connectivity index (χ4n) is 2.43.